The lowest BCUT2D eigenvalue weighted by molar-refractivity contribution is -0.171. The van der Waals surface area contributed by atoms with Crippen molar-refractivity contribution < 1.29 is 19.5 Å². The average Bonchev–Trinajstić information content (AvgIpc) is 2.99. The molecule has 0 heterocycles. The van der Waals surface area contributed by atoms with Gasteiger partial charge in [-0.3, -0.25) is 14.9 Å². The largest absolute Gasteiger partial charge is 0.465 e. The highest BCUT2D eigenvalue weighted by molar-refractivity contribution is 5.81. The van der Waals surface area contributed by atoms with Crippen LogP contribution in [0.15, 0.2) is 115 Å². The van der Waals surface area contributed by atoms with E-state index in [-0.39, 0.29) is 12.5 Å². The molecule has 4 rings (SSSR count). The number of benzene rings is 4. The fourth-order valence-corrected chi connectivity index (χ4v) is 4.79. The number of nitrogens with one attached hydrogen (secondary N) is 2. The monoisotopic (exact) mass is 523 g/mol. The number of hydrogen-bond donors (Lipinski definition) is 3. The number of hydroxylamine groups is 2. The highest BCUT2D eigenvalue weighted by atomic mass is 16.7. The van der Waals surface area contributed by atoms with E-state index in [9.17, 15) is 9.59 Å². The lowest BCUT2D eigenvalue weighted by Gasteiger charge is -2.40. The quantitative estimate of drug-likeness (QED) is 0.191. The van der Waals surface area contributed by atoms with E-state index in [0.29, 0.717) is 6.42 Å². The number of nitrogens with zero attached hydrogens (tertiary/aromatic N) is 1. The molecule has 0 bridgehead atoms. The van der Waals surface area contributed by atoms with Gasteiger partial charge < -0.3 is 10.4 Å². The highest BCUT2D eigenvalue weighted by Crippen LogP contribution is 2.37. The second-order valence-corrected chi connectivity index (χ2v) is 9.24. The van der Waals surface area contributed by atoms with Gasteiger partial charge in [0, 0.05) is 13.6 Å². The first-order valence-corrected chi connectivity index (χ1v) is 12.7. The Hall–Kier alpha value is -4.46. The van der Waals surface area contributed by atoms with Crippen LogP contribution in [0.1, 0.15) is 27.8 Å². The standard InChI is InChI=1S/C32H33N3O4/c1-35(39-2)30(36)29(22-24-18-20-25(21-19-24)23-33-31(37)38)34-32(26-12-6-3-7-13-26,27-14-8-4-9-15-27)28-16-10-5-11-17-28/h3-21,29,33-34H,22-23H2,1-2H3,(H,37,38). The van der Waals surface area contributed by atoms with E-state index in [1.807, 2.05) is 78.9 Å². The third-order valence-corrected chi connectivity index (χ3v) is 6.80. The molecule has 7 heteroatoms. The van der Waals surface area contributed by atoms with Gasteiger partial charge in [-0.25, -0.2) is 9.86 Å². The lowest BCUT2D eigenvalue weighted by atomic mass is 9.76. The van der Waals surface area contributed by atoms with Gasteiger partial charge >= 0.3 is 6.09 Å². The normalized spacial score (nSPS) is 11.9. The molecule has 0 aliphatic rings. The third kappa shape index (κ3) is 6.52. The summed E-state index contributed by atoms with van der Waals surface area (Å²) >= 11 is 0. The SMILES string of the molecule is CON(C)C(=O)C(Cc1ccc(CNC(=O)O)cc1)NC(c1ccccc1)(c1ccccc1)c1ccccc1. The van der Waals surface area contributed by atoms with Crippen molar-refractivity contribution in [2.24, 2.45) is 0 Å². The fraction of sp³-hybridized carbons (Fsp3) is 0.188. The minimum Gasteiger partial charge on any atom is -0.465 e. The third-order valence-electron chi connectivity index (χ3n) is 6.80. The maximum atomic E-state index is 13.8. The molecule has 0 aliphatic carbocycles. The summed E-state index contributed by atoms with van der Waals surface area (Å²) in [5.41, 5.74) is 3.90. The minimum atomic E-state index is -1.07. The van der Waals surface area contributed by atoms with E-state index in [1.54, 1.807) is 7.05 Å². The molecule has 2 amide bonds. The first-order chi connectivity index (χ1) is 18.9. The van der Waals surface area contributed by atoms with Crippen LogP contribution in [0.5, 0.6) is 0 Å². The van der Waals surface area contributed by atoms with Crippen molar-refractivity contribution in [2.45, 2.75) is 24.5 Å². The Morgan fingerprint density at radius 1 is 0.769 bits per heavy atom. The van der Waals surface area contributed by atoms with Crippen molar-refractivity contribution in [3.8, 4) is 0 Å². The predicted octanol–water partition coefficient (Wildman–Crippen LogP) is 4.97. The molecule has 4 aromatic carbocycles. The Morgan fingerprint density at radius 2 is 1.21 bits per heavy atom. The van der Waals surface area contributed by atoms with Crippen LogP contribution in [-0.2, 0) is 28.1 Å². The Balaban J connectivity index is 1.81. The number of carboxylic acid groups (broad SMARTS) is 1. The molecule has 0 fully saturated rings. The molecule has 4 aromatic rings. The molecule has 39 heavy (non-hydrogen) atoms. The van der Waals surface area contributed by atoms with Crippen molar-refractivity contribution >= 4 is 12.0 Å². The molecule has 0 aromatic heterocycles. The Labute approximate surface area is 229 Å². The van der Waals surface area contributed by atoms with Crippen LogP contribution in [0, 0.1) is 0 Å². The van der Waals surface area contributed by atoms with E-state index in [0.717, 1.165) is 27.8 Å². The van der Waals surface area contributed by atoms with E-state index in [2.05, 4.69) is 47.0 Å². The van der Waals surface area contributed by atoms with Gasteiger partial charge in [-0.15, -0.1) is 0 Å². The molecule has 0 saturated carbocycles. The topological polar surface area (TPSA) is 90.9 Å². The van der Waals surface area contributed by atoms with Gasteiger partial charge in [0.1, 0.15) is 0 Å². The zero-order chi connectivity index (χ0) is 27.7. The van der Waals surface area contributed by atoms with Gasteiger partial charge in [0.15, 0.2) is 0 Å². The summed E-state index contributed by atoms with van der Waals surface area (Å²) in [5, 5.41) is 16.3. The van der Waals surface area contributed by atoms with Crippen LogP contribution in [0.4, 0.5) is 4.79 Å². The van der Waals surface area contributed by atoms with E-state index in [1.165, 1.54) is 12.2 Å². The van der Waals surface area contributed by atoms with Crippen LogP contribution in [-0.4, -0.2) is 42.4 Å². The van der Waals surface area contributed by atoms with Crippen molar-refractivity contribution in [1.29, 1.82) is 0 Å². The van der Waals surface area contributed by atoms with Crippen LogP contribution < -0.4 is 10.6 Å². The zero-order valence-corrected chi connectivity index (χ0v) is 22.1. The van der Waals surface area contributed by atoms with Crippen LogP contribution in [0.3, 0.4) is 0 Å². The van der Waals surface area contributed by atoms with E-state index >= 15 is 0 Å². The summed E-state index contributed by atoms with van der Waals surface area (Å²) in [6.45, 7) is 0.210. The van der Waals surface area contributed by atoms with Crippen LogP contribution >= 0.6 is 0 Å². The molecule has 0 aliphatic heterocycles. The van der Waals surface area contributed by atoms with Gasteiger partial charge in [0.05, 0.1) is 18.7 Å². The van der Waals surface area contributed by atoms with Crippen LogP contribution in [0.25, 0.3) is 0 Å². The highest BCUT2D eigenvalue weighted by Gasteiger charge is 2.40. The molecule has 0 saturated heterocycles. The molecule has 3 N–H and O–H groups in total. The molecule has 0 spiro atoms. The molecule has 200 valence electrons. The summed E-state index contributed by atoms with van der Waals surface area (Å²) in [5.74, 6) is -0.221. The maximum Gasteiger partial charge on any atom is 0.404 e. The molecular formula is C32H33N3O4. The smallest absolute Gasteiger partial charge is 0.404 e. The van der Waals surface area contributed by atoms with Crippen molar-refractivity contribution in [3.05, 3.63) is 143 Å². The maximum absolute atomic E-state index is 13.8. The summed E-state index contributed by atoms with van der Waals surface area (Å²) in [7, 11) is 3.07. The lowest BCUT2D eigenvalue weighted by Crippen LogP contribution is -2.56. The van der Waals surface area contributed by atoms with Gasteiger partial charge in [-0.2, -0.15) is 0 Å². The molecule has 7 nitrogen and oxygen atoms in total. The van der Waals surface area contributed by atoms with Gasteiger partial charge in [0.2, 0.25) is 0 Å². The van der Waals surface area contributed by atoms with Crippen molar-refractivity contribution in [1.82, 2.24) is 15.7 Å². The van der Waals surface area contributed by atoms with Gasteiger partial charge in [-0.1, -0.05) is 115 Å². The Morgan fingerprint density at radius 3 is 1.62 bits per heavy atom. The number of carbonyl (C=O) groups excluding carboxylic acids is 1. The summed E-state index contributed by atoms with van der Waals surface area (Å²) in [4.78, 5) is 29.9. The second kappa shape index (κ2) is 12.9. The number of hydrogen-bond acceptors (Lipinski definition) is 4. The molecular weight excluding hydrogens is 490 g/mol. The van der Waals surface area contributed by atoms with E-state index in [4.69, 9.17) is 9.94 Å². The second-order valence-electron chi connectivity index (χ2n) is 9.24. The zero-order valence-electron chi connectivity index (χ0n) is 22.1. The summed E-state index contributed by atoms with van der Waals surface area (Å²) in [6.07, 6.45) is -0.691. The van der Waals surface area contributed by atoms with Crippen LogP contribution in [0.2, 0.25) is 0 Å². The molecule has 0 radical (unpaired) electrons. The first kappa shape index (κ1) is 27.6. The minimum absolute atomic E-state index is 0.210. The Bertz CT molecular complexity index is 1250. The van der Waals surface area contributed by atoms with Crippen molar-refractivity contribution in [2.75, 3.05) is 14.2 Å². The molecule has 1 atom stereocenters. The summed E-state index contributed by atoms with van der Waals surface area (Å²) < 4.78 is 0. The predicted molar refractivity (Wildman–Crippen MR) is 151 cm³/mol. The first-order valence-electron chi connectivity index (χ1n) is 12.7. The van der Waals surface area contributed by atoms with Gasteiger partial charge in [-0.05, 0) is 34.2 Å². The number of carbonyl (C=O) groups is 2. The molecule has 1 unspecified atom stereocenters. The van der Waals surface area contributed by atoms with Crippen molar-refractivity contribution in [3.63, 3.8) is 0 Å². The average molecular weight is 524 g/mol. The number of amides is 2. The number of likely N-dealkylation sites (N-methyl/N-ethyl adjacent to an activating group) is 1. The van der Waals surface area contributed by atoms with Gasteiger partial charge in [0.25, 0.3) is 5.91 Å². The number of rotatable bonds is 11. The summed E-state index contributed by atoms with van der Waals surface area (Å²) in [6, 6.07) is 37.2. The van der Waals surface area contributed by atoms with E-state index < -0.39 is 17.7 Å². The fourth-order valence-electron chi connectivity index (χ4n) is 4.79. The Kier molecular flexibility index (Phi) is 9.10.